The maximum Gasteiger partial charge on any atom is 0.343 e. The van der Waals surface area contributed by atoms with E-state index in [0.29, 0.717) is 11.5 Å². The van der Waals surface area contributed by atoms with Crippen LogP contribution in [0.3, 0.4) is 0 Å². The summed E-state index contributed by atoms with van der Waals surface area (Å²) in [6.07, 6.45) is 0. The van der Waals surface area contributed by atoms with Crippen molar-refractivity contribution in [1.82, 2.24) is 0 Å². The third-order valence-corrected chi connectivity index (χ3v) is 3.80. The van der Waals surface area contributed by atoms with Gasteiger partial charge in [0.2, 0.25) is 0 Å². The van der Waals surface area contributed by atoms with Crippen LogP contribution in [-0.2, 0) is 0 Å². The van der Waals surface area contributed by atoms with E-state index in [2.05, 4.69) is 0 Å². The number of carbonyl (C=O) groups is 2. The molecule has 30 heavy (non-hydrogen) atoms. The molecule has 3 rings (SSSR count). The first-order valence-electron chi connectivity index (χ1n) is 10.2. The van der Waals surface area contributed by atoms with Crippen LogP contribution < -0.4 is 9.47 Å². The largest absolute Gasteiger partial charge is 0.423 e. The van der Waals surface area contributed by atoms with Gasteiger partial charge in [0.15, 0.2) is 0 Å². The molecule has 0 amide bonds. The fourth-order valence-electron chi connectivity index (χ4n) is 2.32. The average molecular weight is 407 g/mol. The third-order valence-electron chi connectivity index (χ3n) is 3.80. The van der Waals surface area contributed by atoms with Crippen molar-refractivity contribution in [2.75, 3.05) is 0 Å². The first kappa shape index (κ1) is 24.6. The van der Waals surface area contributed by atoms with Gasteiger partial charge in [0.05, 0.1) is 11.1 Å². The van der Waals surface area contributed by atoms with Crippen molar-refractivity contribution in [1.29, 1.82) is 0 Å². The first-order chi connectivity index (χ1) is 14.5. The molecule has 0 radical (unpaired) electrons. The molecule has 3 aromatic rings. The lowest BCUT2D eigenvalue weighted by Gasteiger charge is -2.07. The van der Waals surface area contributed by atoms with Crippen LogP contribution in [0.2, 0.25) is 0 Å². The number of aryl methyl sites for hydroxylation is 2. The summed E-state index contributed by atoms with van der Waals surface area (Å²) in [5.74, 6) is -0.154. The Morgan fingerprint density at radius 2 is 0.900 bits per heavy atom. The average Bonchev–Trinajstić information content (AvgIpc) is 2.79. The van der Waals surface area contributed by atoms with Gasteiger partial charge in [-0.05, 0) is 56.3 Å². The van der Waals surface area contributed by atoms with E-state index in [0.717, 1.165) is 11.1 Å². The lowest BCUT2D eigenvalue weighted by molar-refractivity contribution is 0.0734. The highest BCUT2D eigenvalue weighted by molar-refractivity contribution is 5.96. The summed E-state index contributed by atoms with van der Waals surface area (Å²) in [4.78, 5) is 24.6. The van der Waals surface area contributed by atoms with E-state index < -0.39 is 11.9 Å². The Morgan fingerprint density at radius 3 is 1.23 bits per heavy atom. The molecule has 0 aromatic heterocycles. The summed E-state index contributed by atoms with van der Waals surface area (Å²) in [6, 6.07) is 20.6. The van der Waals surface area contributed by atoms with Gasteiger partial charge < -0.3 is 9.47 Å². The van der Waals surface area contributed by atoms with Gasteiger partial charge in [0.1, 0.15) is 11.5 Å². The number of ether oxygens (including phenoxy) is 2. The summed E-state index contributed by atoms with van der Waals surface area (Å²) < 4.78 is 10.7. The molecule has 0 aliphatic heterocycles. The first-order valence-corrected chi connectivity index (χ1v) is 10.2. The molecule has 0 atom stereocenters. The van der Waals surface area contributed by atoms with Gasteiger partial charge in [-0.2, -0.15) is 0 Å². The van der Waals surface area contributed by atoms with Crippen LogP contribution in [-0.4, -0.2) is 11.9 Å². The van der Waals surface area contributed by atoms with E-state index in [1.807, 2.05) is 65.8 Å². The molecule has 4 nitrogen and oxygen atoms in total. The Labute approximate surface area is 179 Å². The molecular weight excluding hydrogens is 376 g/mol. The van der Waals surface area contributed by atoms with Crippen LogP contribution in [0.1, 0.15) is 59.5 Å². The highest BCUT2D eigenvalue weighted by atomic mass is 16.5. The smallest absolute Gasteiger partial charge is 0.343 e. The Bertz CT molecular complexity index is 851. The van der Waals surface area contributed by atoms with Gasteiger partial charge in [-0.15, -0.1) is 0 Å². The second-order valence-corrected chi connectivity index (χ2v) is 5.99. The lowest BCUT2D eigenvalue weighted by atomic mass is 10.1. The number of rotatable bonds is 4. The monoisotopic (exact) mass is 406 g/mol. The number of benzene rings is 3. The maximum absolute atomic E-state index is 12.3. The van der Waals surface area contributed by atoms with Crippen LogP contribution in [0.5, 0.6) is 11.5 Å². The topological polar surface area (TPSA) is 52.6 Å². The van der Waals surface area contributed by atoms with E-state index in [1.54, 1.807) is 42.5 Å². The molecule has 0 spiro atoms. The number of hydrogen-bond donors (Lipinski definition) is 0. The highest BCUT2D eigenvalue weighted by Crippen LogP contribution is 2.17. The van der Waals surface area contributed by atoms with Crippen molar-refractivity contribution in [2.24, 2.45) is 0 Å². The van der Waals surface area contributed by atoms with Gasteiger partial charge in [-0.25, -0.2) is 9.59 Å². The summed E-state index contributed by atoms with van der Waals surface area (Å²) in [5.41, 5.74) is 2.71. The Kier molecular flexibility index (Phi) is 10.6. The van der Waals surface area contributed by atoms with Gasteiger partial charge in [-0.1, -0.05) is 69.2 Å². The second-order valence-electron chi connectivity index (χ2n) is 5.99. The van der Waals surface area contributed by atoms with Crippen LogP contribution in [0, 0.1) is 13.8 Å². The molecule has 0 N–H and O–H groups in total. The fraction of sp³-hybridized carbons (Fsp3) is 0.231. The molecule has 158 valence electrons. The molecule has 0 unspecified atom stereocenters. The molecule has 0 saturated heterocycles. The van der Waals surface area contributed by atoms with E-state index in [9.17, 15) is 9.59 Å². The molecule has 0 saturated carbocycles. The Morgan fingerprint density at radius 1 is 0.567 bits per heavy atom. The minimum atomic E-state index is -0.529. The Balaban J connectivity index is 0.00000106. The molecular formula is C26H30O4. The SMILES string of the molecule is CC.CC.Cc1ccc(OC(=O)c2cccc(C(=O)Oc3ccc(C)cc3)c2)cc1. The van der Waals surface area contributed by atoms with Crippen molar-refractivity contribution in [3.05, 3.63) is 95.1 Å². The quantitative estimate of drug-likeness (QED) is 0.353. The minimum absolute atomic E-state index is 0.281. The van der Waals surface area contributed by atoms with Crippen molar-refractivity contribution < 1.29 is 19.1 Å². The van der Waals surface area contributed by atoms with Crippen LogP contribution in [0.15, 0.2) is 72.8 Å². The molecule has 3 aromatic carbocycles. The number of carbonyl (C=O) groups excluding carboxylic acids is 2. The third kappa shape index (κ3) is 7.55. The highest BCUT2D eigenvalue weighted by Gasteiger charge is 2.14. The second kappa shape index (κ2) is 12.9. The zero-order chi connectivity index (χ0) is 22.5. The standard InChI is InChI=1S/C22H18O4.2C2H6/c1-15-6-10-19(11-7-15)25-21(23)17-4-3-5-18(14-17)22(24)26-20-12-8-16(2)9-13-20;2*1-2/h3-14H,1-2H3;2*1-2H3. The van der Waals surface area contributed by atoms with Crippen LogP contribution >= 0.6 is 0 Å². The van der Waals surface area contributed by atoms with Crippen molar-refractivity contribution in [3.8, 4) is 11.5 Å². The summed E-state index contributed by atoms with van der Waals surface area (Å²) >= 11 is 0. The normalized spacial score (nSPS) is 9.27. The molecule has 0 heterocycles. The summed E-state index contributed by atoms with van der Waals surface area (Å²) in [6.45, 7) is 11.9. The number of esters is 2. The minimum Gasteiger partial charge on any atom is -0.423 e. The zero-order valence-corrected chi connectivity index (χ0v) is 18.6. The molecule has 0 aliphatic rings. The van der Waals surface area contributed by atoms with Crippen molar-refractivity contribution in [2.45, 2.75) is 41.5 Å². The molecule has 0 aliphatic carbocycles. The molecule has 0 bridgehead atoms. The van der Waals surface area contributed by atoms with Crippen molar-refractivity contribution in [3.63, 3.8) is 0 Å². The number of hydrogen-bond acceptors (Lipinski definition) is 4. The van der Waals surface area contributed by atoms with Gasteiger partial charge in [0, 0.05) is 0 Å². The van der Waals surface area contributed by atoms with E-state index in [4.69, 9.17) is 9.47 Å². The summed E-state index contributed by atoms with van der Waals surface area (Å²) in [5, 5.41) is 0. The fourth-order valence-corrected chi connectivity index (χ4v) is 2.32. The maximum atomic E-state index is 12.3. The zero-order valence-electron chi connectivity index (χ0n) is 18.6. The summed E-state index contributed by atoms with van der Waals surface area (Å²) in [7, 11) is 0. The lowest BCUT2D eigenvalue weighted by Crippen LogP contribution is -2.12. The van der Waals surface area contributed by atoms with Crippen LogP contribution in [0.4, 0.5) is 0 Å². The van der Waals surface area contributed by atoms with Crippen LogP contribution in [0.25, 0.3) is 0 Å². The van der Waals surface area contributed by atoms with E-state index in [-0.39, 0.29) is 11.1 Å². The van der Waals surface area contributed by atoms with E-state index >= 15 is 0 Å². The van der Waals surface area contributed by atoms with Gasteiger partial charge >= 0.3 is 11.9 Å². The predicted octanol–water partition coefficient (Wildman–Crippen LogP) is 6.79. The van der Waals surface area contributed by atoms with Gasteiger partial charge in [-0.3, -0.25) is 0 Å². The molecule has 4 heteroatoms. The predicted molar refractivity (Wildman–Crippen MR) is 121 cm³/mol. The molecule has 0 fully saturated rings. The van der Waals surface area contributed by atoms with Crippen molar-refractivity contribution >= 4 is 11.9 Å². The van der Waals surface area contributed by atoms with E-state index in [1.165, 1.54) is 6.07 Å². The Hall–Kier alpha value is -3.40. The van der Waals surface area contributed by atoms with Gasteiger partial charge in [0.25, 0.3) is 0 Å².